The van der Waals surface area contributed by atoms with E-state index in [9.17, 15) is 18.0 Å². The summed E-state index contributed by atoms with van der Waals surface area (Å²) in [5.41, 5.74) is 1.16. The average molecular weight is 422 g/mol. The first-order valence-corrected chi connectivity index (χ1v) is 8.59. The second-order valence-corrected chi connectivity index (χ2v) is 6.31. The number of benzene rings is 1. The van der Waals surface area contributed by atoms with Gasteiger partial charge in [-0.1, -0.05) is 35.3 Å². The minimum absolute atomic E-state index is 0.0332. The standard InChI is InChI=1S/C17H16Cl2F3N3O2/c18-13-4-3-11(14(19)8-13)5-7-24-16(26)25-9-12-2-1-6-23-15(12)27-10-17(20,21)22/h1-4,6,8H,5,7,9-10H2,(H2,24,25,26). The Morgan fingerprint density at radius 3 is 2.63 bits per heavy atom. The molecule has 27 heavy (non-hydrogen) atoms. The Balaban J connectivity index is 1.80. The van der Waals surface area contributed by atoms with Crippen LogP contribution < -0.4 is 15.4 Å². The quantitative estimate of drug-likeness (QED) is 0.697. The van der Waals surface area contributed by atoms with Gasteiger partial charge in [0.2, 0.25) is 5.88 Å². The molecule has 0 bridgehead atoms. The molecule has 0 saturated heterocycles. The molecule has 0 fully saturated rings. The number of carbonyl (C=O) groups excluding carboxylic acids is 1. The van der Waals surface area contributed by atoms with Gasteiger partial charge in [0.1, 0.15) is 0 Å². The highest BCUT2D eigenvalue weighted by molar-refractivity contribution is 6.35. The Kier molecular flexibility index (Phi) is 7.55. The summed E-state index contributed by atoms with van der Waals surface area (Å²) in [6.45, 7) is -1.17. The number of aromatic nitrogens is 1. The van der Waals surface area contributed by atoms with Crippen LogP contribution in [-0.2, 0) is 13.0 Å². The van der Waals surface area contributed by atoms with Crippen LogP contribution in [0.3, 0.4) is 0 Å². The van der Waals surface area contributed by atoms with Crippen LogP contribution in [0.25, 0.3) is 0 Å². The lowest BCUT2D eigenvalue weighted by Crippen LogP contribution is -2.36. The van der Waals surface area contributed by atoms with Crippen molar-refractivity contribution in [3.05, 3.63) is 57.7 Å². The minimum Gasteiger partial charge on any atom is -0.468 e. The third-order valence-electron chi connectivity index (χ3n) is 3.36. The van der Waals surface area contributed by atoms with Crippen LogP contribution in [0.4, 0.5) is 18.0 Å². The van der Waals surface area contributed by atoms with Crippen LogP contribution in [0.1, 0.15) is 11.1 Å². The number of halogens is 5. The van der Waals surface area contributed by atoms with Crippen LogP contribution >= 0.6 is 23.2 Å². The highest BCUT2D eigenvalue weighted by Gasteiger charge is 2.29. The van der Waals surface area contributed by atoms with E-state index < -0.39 is 18.8 Å². The van der Waals surface area contributed by atoms with Crippen molar-refractivity contribution in [1.29, 1.82) is 0 Å². The second kappa shape index (κ2) is 9.66. The van der Waals surface area contributed by atoms with Gasteiger partial charge in [0.25, 0.3) is 0 Å². The first kappa shape index (κ1) is 21.1. The zero-order valence-corrected chi connectivity index (χ0v) is 15.5. The van der Waals surface area contributed by atoms with E-state index in [0.29, 0.717) is 28.6 Å². The summed E-state index contributed by atoms with van der Waals surface area (Å²) in [6, 6.07) is 7.66. The Bertz CT molecular complexity index is 788. The molecule has 2 amide bonds. The molecule has 2 aromatic rings. The maximum atomic E-state index is 12.3. The average Bonchev–Trinajstić information content (AvgIpc) is 2.60. The molecule has 0 spiro atoms. The second-order valence-electron chi connectivity index (χ2n) is 5.47. The minimum atomic E-state index is -4.47. The smallest absolute Gasteiger partial charge is 0.422 e. The molecule has 0 atom stereocenters. The highest BCUT2D eigenvalue weighted by Crippen LogP contribution is 2.21. The van der Waals surface area contributed by atoms with Gasteiger partial charge in [0.15, 0.2) is 6.61 Å². The number of ether oxygens (including phenoxy) is 1. The number of amides is 2. The Morgan fingerprint density at radius 2 is 1.93 bits per heavy atom. The molecule has 146 valence electrons. The molecule has 2 N–H and O–H groups in total. The van der Waals surface area contributed by atoms with E-state index in [0.717, 1.165) is 5.56 Å². The van der Waals surface area contributed by atoms with Crippen molar-refractivity contribution in [3.63, 3.8) is 0 Å². The number of pyridine rings is 1. The van der Waals surface area contributed by atoms with Gasteiger partial charge in [-0.05, 0) is 30.2 Å². The largest absolute Gasteiger partial charge is 0.468 e. The van der Waals surface area contributed by atoms with Gasteiger partial charge in [0, 0.05) is 34.9 Å². The zero-order valence-electron chi connectivity index (χ0n) is 13.9. The fraction of sp³-hybridized carbons (Fsp3) is 0.294. The number of alkyl halides is 3. The van der Waals surface area contributed by atoms with Gasteiger partial charge in [-0.25, -0.2) is 9.78 Å². The van der Waals surface area contributed by atoms with Crippen molar-refractivity contribution in [1.82, 2.24) is 15.6 Å². The van der Waals surface area contributed by atoms with Crippen molar-refractivity contribution in [2.24, 2.45) is 0 Å². The molecule has 1 heterocycles. The molecular formula is C17H16Cl2F3N3O2. The van der Waals surface area contributed by atoms with Crippen molar-refractivity contribution < 1.29 is 22.7 Å². The van der Waals surface area contributed by atoms with E-state index in [-0.39, 0.29) is 12.4 Å². The van der Waals surface area contributed by atoms with Crippen LogP contribution in [-0.4, -0.2) is 30.3 Å². The first-order valence-electron chi connectivity index (χ1n) is 7.83. The molecule has 0 aliphatic carbocycles. The van der Waals surface area contributed by atoms with E-state index in [1.54, 1.807) is 18.2 Å². The van der Waals surface area contributed by atoms with Gasteiger partial charge in [-0.15, -0.1) is 0 Å². The summed E-state index contributed by atoms with van der Waals surface area (Å²) in [6.07, 6.45) is -2.66. The first-order chi connectivity index (χ1) is 12.7. The van der Waals surface area contributed by atoms with Crippen molar-refractivity contribution in [2.45, 2.75) is 19.1 Å². The predicted molar refractivity (Wildman–Crippen MR) is 96.2 cm³/mol. The maximum Gasteiger partial charge on any atom is 0.422 e. The summed E-state index contributed by atoms with van der Waals surface area (Å²) >= 11 is 11.9. The zero-order chi connectivity index (χ0) is 19.9. The highest BCUT2D eigenvalue weighted by atomic mass is 35.5. The van der Waals surface area contributed by atoms with E-state index in [2.05, 4.69) is 20.4 Å². The van der Waals surface area contributed by atoms with Crippen molar-refractivity contribution in [2.75, 3.05) is 13.2 Å². The normalized spacial score (nSPS) is 11.1. The maximum absolute atomic E-state index is 12.3. The van der Waals surface area contributed by atoms with Gasteiger partial charge < -0.3 is 15.4 Å². The number of hydrogen-bond acceptors (Lipinski definition) is 3. The lowest BCUT2D eigenvalue weighted by atomic mass is 10.1. The van der Waals surface area contributed by atoms with Crippen LogP contribution in [0.15, 0.2) is 36.5 Å². The van der Waals surface area contributed by atoms with Crippen molar-refractivity contribution in [3.8, 4) is 5.88 Å². The molecular weight excluding hydrogens is 406 g/mol. The topological polar surface area (TPSA) is 63.2 Å². The third-order valence-corrected chi connectivity index (χ3v) is 3.94. The van der Waals surface area contributed by atoms with E-state index in [1.165, 1.54) is 18.3 Å². The number of nitrogens with zero attached hydrogens (tertiary/aromatic N) is 1. The molecule has 2 rings (SSSR count). The third kappa shape index (κ3) is 7.52. The summed E-state index contributed by atoms with van der Waals surface area (Å²) in [7, 11) is 0. The van der Waals surface area contributed by atoms with Crippen molar-refractivity contribution >= 4 is 29.2 Å². The number of nitrogens with one attached hydrogen (secondary N) is 2. The SMILES string of the molecule is O=C(NCCc1ccc(Cl)cc1Cl)NCc1cccnc1OCC(F)(F)F. The lowest BCUT2D eigenvalue weighted by molar-refractivity contribution is -0.154. The molecule has 1 aromatic heterocycles. The number of hydrogen-bond donors (Lipinski definition) is 2. The molecule has 1 aromatic carbocycles. The van der Waals surface area contributed by atoms with Crippen LogP contribution in [0, 0.1) is 0 Å². The van der Waals surface area contributed by atoms with Gasteiger partial charge >= 0.3 is 12.2 Å². The number of rotatable bonds is 7. The molecule has 0 unspecified atom stereocenters. The van der Waals surface area contributed by atoms with E-state index >= 15 is 0 Å². The summed E-state index contributed by atoms with van der Waals surface area (Å²) < 4.78 is 41.5. The molecule has 10 heteroatoms. The fourth-order valence-electron chi connectivity index (χ4n) is 2.11. The molecule has 0 radical (unpaired) electrons. The van der Waals surface area contributed by atoms with Crippen LogP contribution in [0.2, 0.25) is 10.0 Å². The summed E-state index contributed by atoms with van der Waals surface area (Å²) in [5.74, 6) is -0.178. The van der Waals surface area contributed by atoms with E-state index in [1.807, 2.05) is 0 Å². The van der Waals surface area contributed by atoms with E-state index in [4.69, 9.17) is 23.2 Å². The molecule has 5 nitrogen and oxygen atoms in total. The fourth-order valence-corrected chi connectivity index (χ4v) is 2.61. The van der Waals surface area contributed by atoms with Crippen LogP contribution in [0.5, 0.6) is 5.88 Å². The summed E-state index contributed by atoms with van der Waals surface area (Å²) in [5, 5.41) is 6.21. The van der Waals surface area contributed by atoms with Gasteiger partial charge in [-0.3, -0.25) is 0 Å². The molecule has 0 aliphatic heterocycles. The Hall–Kier alpha value is -2.19. The predicted octanol–water partition coefficient (Wildman–Crippen LogP) is 4.37. The van der Waals surface area contributed by atoms with Gasteiger partial charge in [0.05, 0.1) is 0 Å². The Labute approximate surface area is 163 Å². The number of urea groups is 1. The van der Waals surface area contributed by atoms with Gasteiger partial charge in [-0.2, -0.15) is 13.2 Å². The Morgan fingerprint density at radius 1 is 1.15 bits per heavy atom. The number of carbonyl (C=O) groups is 1. The molecule has 0 saturated carbocycles. The summed E-state index contributed by atoms with van der Waals surface area (Å²) in [4.78, 5) is 15.6. The monoisotopic (exact) mass is 421 g/mol. The molecule has 0 aliphatic rings. The lowest BCUT2D eigenvalue weighted by Gasteiger charge is -2.13.